The van der Waals surface area contributed by atoms with Crippen molar-refractivity contribution in [2.24, 2.45) is 0 Å². The lowest BCUT2D eigenvalue weighted by molar-refractivity contribution is 0.627. The van der Waals surface area contributed by atoms with Crippen molar-refractivity contribution in [1.82, 2.24) is 0 Å². The Bertz CT molecular complexity index is 423. The van der Waals surface area contributed by atoms with Crippen molar-refractivity contribution in [1.29, 1.82) is 5.26 Å². The van der Waals surface area contributed by atoms with Gasteiger partial charge in [0.2, 0.25) is 0 Å². The van der Waals surface area contributed by atoms with E-state index < -0.39 is 0 Å². The Morgan fingerprint density at radius 1 is 1.36 bits per heavy atom. The van der Waals surface area contributed by atoms with Crippen molar-refractivity contribution in [3.8, 4) is 17.9 Å². The normalized spacial score (nSPS) is 8.64. The van der Waals surface area contributed by atoms with Gasteiger partial charge in [-0.05, 0) is 18.2 Å². The van der Waals surface area contributed by atoms with Gasteiger partial charge >= 0.3 is 0 Å². The molecule has 0 atom stereocenters. The molecule has 0 spiro atoms. The molecule has 1 aromatic rings. The van der Waals surface area contributed by atoms with Gasteiger partial charge in [-0.1, -0.05) is 11.8 Å². The van der Waals surface area contributed by atoms with Gasteiger partial charge in [0.25, 0.3) is 0 Å². The van der Waals surface area contributed by atoms with Crippen molar-refractivity contribution in [3.05, 3.63) is 35.1 Å². The van der Waals surface area contributed by atoms with E-state index in [2.05, 4.69) is 11.8 Å². The summed E-state index contributed by atoms with van der Waals surface area (Å²) in [6.07, 6.45) is 0.531. The third kappa shape index (κ3) is 2.76. The van der Waals surface area contributed by atoms with E-state index in [9.17, 15) is 4.39 Å². The Balaban J connectivity index is 3.02. The van der Waals surface area contributed by atoms with E-state index in [0.29, 0.717) is 23.4 Å². The molecule has 70 valence electrons. The van der Waals surface area contributed by atoms with Crippen LogP contribution in [0, 0.1) is 29.0 Å². The minimum atomic E-state index is -0.390. The second-order valence-corrected chi connectivity index (χ2v) is 2.92. The largest absolute Gasteiger partial charge is 0.207 e. The van der Waals surface area contributed by atoms with Crippen LogP contribution < -0.4 is 0 Å². The SMILES string of the molecule is N#Cc1ccc(F)cc1C#CCCCl. The molecule has 1 aromatic carbocycles. The zero-order valence-corrected chi connectivity index (χ0v) is 8.11. The summed E-state index contributed by atoms with van der Waals surface area (Å²) in [5, 5.41) is 8.70. The predicted octanol–water partition coefficient (Wildman–Crippen LogP) is 2.68. The molecule has 3 heteroatoms. The fraction of sp³-hybridized carbons (Fsp3) is 0.182. The van der Waals surface area contributed by atoms with Crippen LogP contribution in [-0.2, 0) is 0 Å². The third-order valence-corrected chi connectivity index (χ3v) is 1.73. The zero-order chi connectivity index (χ0) is 10.4. The molecule has 0 aromatic heterocycles. The summed E-state index contributed by atoms with van der Waals surface area (Å²) < 4.78 is 12.8. The van der Waals surface area contributed by atoms with E-state index in [4.69, 9.17) is 16.9 Å². The van der Waals surface area contributed by atoms with E-state index in [-0.39, 0.29) is 5.82 Å². The fourth-order valence-corrected chi connectivity index (χ4v) is 1.02. The fourth-order valence-electron chi connectivity index (χ4n) is 0.922. The summed E-state index contributed by atoms with van der Waals surface area (Å²) in [6.45, 7) is 0. The number of alkyl halides is 1. The number of nitrogens with zero attached hydrogens (tertiary/aromatic N) is 1. The molecule has 1 nitrogen and oxygen atoms in total. The monoisotopic (exact) mass is 207 g/mol. The van der Waals surface area contributed by atoms with E-state index in [1.165, 1.54) is 18.2 Å². The Morgan fingerprint density at radius 2 is 2.14 bits per heavy atom. The molecule has 0 amide bonds. The van der Waals surface area contributed by atoms with Gasteiger partial charge in [0.15, 0.2) is 0 Å². The van der Waals surface area contributed by atoms with Crippen LogP contribution in [0.25, 0.3) is 0 Å². The molecule has 0 fully saturated rings. The molecule has 0 N–H and O–H groups in total. The van der Waals surface area contributed by atoms with Gasteiger partial charge in [-0.2, -0.15) is 5.26 Å². The lowest BCUT2D eigenvalue weighted by atomic mass is 10.1. The van der Waals surface area contributed by atoms with E-state index in [1.54, 1.807) is 0 Å². The van der Waals surface area contributed by atoms with Gasteiger partial charge < -0.3 is 0 Å². The van der Waals surface area contributed by atoms with Crippen LogP contribution in [0.3, 0.4) is 0 Å². The van der Waals surface area contributed by atoms with Gasteiger partial charge in [-0.15, -0.1) is 11.6 Å². The lowest BCUT2D eigenvalue weighted by Crippen LogP contribution is -1.85. The number of halogens is 2. The summed E-state index contributed by atoms with van der Waals surface area (Å²) in [5.74, 6) is 5.51. The Morgan fingerprint density at radius 3 is 2.79 bits per heavy atom. The highest BCUT2D eigenvalue weighted by atomic mass is 35.5. The molecule has 0 aliphatic carbocycles. The van der Waals surface area contributed by atoms with Crippen LogP contribution in [0.5, 0.6) is 0 Å². The standard InChI is InChI=1S/C11H7ClFN/c12-6-2-1-3-9-7-11(13)5-4-10(9)8-14/h4-5,7H,2,6H2. The smallest absolute Gasteiger partial charge is 0.124 e. The van der Waals surface area contributed by atoms with Crippen LogP contribution in [0.15, 0.2) is 18.2 Å². The highest BCUT2D eigenvalue weighted by Gasteiger charge is 1.99. The number of hydrogen-bond donors (Lipinski definition) is 0. The first-order valence-electron chi connectivity index (χ1n) is 4.02. The molecular formula is C11H7ClFN. The molecule has 1 rings (SSSR count). The second-order valence-electron chi connectivity index (χ2n) is 2.54. The van der Waals surface area contributed by atoms with Gasteiger partial charge in [-0.25, -0.2) is 4.39 Å². The maximum Gasteiger partial charge on any atom is 0.124 e. The van der Waals surface area contributed by atoms with Crippen LogP contribution in [0.2, 0.25) is 0 Å². The van der Waals surface area contributed by atoms with Crippen molar-refractivity contribution in [2.75, 3.05) is 5.88 Å². The Hall–Kier alpha value is -1.51. The van der Waals surface area contributed by atoms with Crippen molar-refractivity contribution < 1.29 is 4.39 Å². The number of rotatable bonds is 1. The summed E-state index contributed by atoms with van der Waals surface area (Å²) in [6, 6.07) is 5.86. The summed E-state index contributed by atoms with van der Waals surface area (Å²) in [5.41, 5.74) is 0.797. The van der Waals surface area contributed by atoms with Crippen LogP contribution in [0.4, 0.5) is 4.39 Å². The summed E-state index contributed by atoms with van der Waals surface area (Å²) >= 11 is 5.43. The molecule has 14 heavy (non-hydrogen) atoms. The summed E-state index contributed by atoms with van der Waals surface area (Å²) in [4.78, 5) is 0. The second kappa shape index (κ2) is 5.27. The van der Waals surface area contributed by atoms with Crippen molar-refractivity contribution >= 4 is 11.6 Å². The number of hydrogen-bond acceptors (Lipinski definition) is 1. The van der Waals surface area contributed by atoms with Crippen LogP contribution in [-0.4, -0.2) is 5.88 Å². The Kier molecular flexibility index (Phi) is 3.98. The molecule has 0 bridgehead atoms. The first-order chi connectivity index (χ1) is 6.77. The first kappa shape index (κ1) is 10.6. The van der Waals surface area contributed by atoms with Gasteiger partial charge in [0.1, 0.15) is 11.9 Å². The Labute approximate surface area is 87.1 Å². The summed E-state index contributed by atoms with van der Waals surface area (Å²) in [7, 11) is 0. The molecule has 0 aliphatic heterocycles. The first-order valence-corrected chi connectivity index (χ1v) is 4.56. The predicted molar refractivity (Wildman–Crippen MR) is 53.3 cm³/mol. The molecule has 0 saturated heterocycles. The molecule has 0 aliphatic rings. The quantitative estimate of drug-likeness (QED) is 0.513. The molecule has 0 saturated carbocycles. The van der Waals surface area contributed by atoms with Crippen LogP contribution in [0.1, 0.15) is 17.5 Å². The van der Waals surface area contributed by atoms with Crippen molar-refractivity contribution in [2.45, 2.75) is 6.42 Å². The van der Waals surface area contributed by atoms with E-state index in [1.807, 2.05) is 6.07 Å². The molecule has 0 heterocycles. The average molecular weight is 208 g/mol. The van der Waals surface area contributed by atoms with E-state index >= 15 is 0 Å². The maximum atomic E-state index is 12.8. The van der Waals surface area contributed by atoms with Gasteiger partial charge in [-0.3, -0.25) is 0 Å². The lowest BCUT2D eigenvalue weighted by Gasteiger charge is -1.94. The minimum Gasteiger partial charge on any atom is -0.207 e. The molecule has 0 unspecified atom stereocenters. The molecule has 0 radical (unpaired) electrons. The maximum absolute atomic E-state index is 12.8. The highest BCUT2D eigenvalue weighted by molar-refractivity contribution is 6.18. The van der Waals surface area contributed by atoms with Gasteiger partial charge in [0, 0.05) is 17.9 Å². The number of benzene rings is 1. The highest BCUT2D eigenvalue weighted by Crippen LogP contribution is 2.08. The third-order valence-electron chi connectivity index (χ3n) is 1.54. The molecular weight excluding hydrogens is 201 g/mol. The average Bonchev–Trinajstić information content (AvgIpc) is 2.19. The van der Waals surface area contributed by atoms with Crippen molar-refractivity contribution in [3.63, 3.8) is 0 Å². The van der Waals surface area contributed by atoms with Crippen LogP contribution >= 0.6 is 11.6 Å². The number of nitriles is 1. The minimum absolute atomic E-state index is 0.383. The van der Waals surface area contributed by atoms with E-state index in [0.717, 1.165) is 0 Å². The van der Waals surface area contributed by atoms with Gasteiger partial charge in [0.05, 0.1) is 5.56 Å². The topological polar surface area (TPSA) is 23.8 Å². The zero-order valence-electron chi connectivity index (χ0n) is 7.35.